The van der Waals surface area contributed by atoms with E-state index >= 15 is 0 Å². The Bertz CT molecular complexity index is 956. The molecule has 1 aliphatic rings. The van der Waals surface area contributed by atoms with Crippen molar-refractivity contribution in [3.63, 3.8) is 0 Å². The summed E-state index contributed by atoms with van der Waals surface area (Å²) in [4.78, 5) is 26.8. The minimum absolute atomic E-state index is 0.000166. The third-order valence-electron chi connectivity index (χ3n) is 4.84. The van der Waals surface area contributed by atoms with Crippen LogP contribution in [0.15, 0.2) is 42.5 Å². The molecule has 1 atom stereocenters. The van der Waals surface area contributed by atoms with Crippen LogP contribution in [0.4, 0.5) is 24.5 Å². The van der Waals surface area contributed by atoms with Crippen LogP contribution < -0.4 is 10.2 Å². The van der Waals surface area contributed by atoms with Crippen LogP contribution in [-0.4, -0.2) is 44.3 Å². The highest BCUT2D eigenvalue weighted by molar-refractivity contribution is 5.99. The Kier molecular flexibility index (Phi) is 6.84. The van der Waals surface area contributed by atoms with Gasteiger partial charge >= 0.3 is 12.1 Å². The molecule has 9 heteroatoms. The van der Waals surface area contributed by atoms with Crippen LogP contribution in [0.5, 0.6) is 0 Å². The number of ether oxygens (including phenoxy) is 2. The lowest BCUT2D eigenvalue weighted by atomic mass is 10.1. The second-order valence-electron chi connectivity index (χ2n) is 7.24. The number of aryl methyl sites for hydroxylation is 1. The van der Waals surface area contributed by atoms with Crippen molar-refractivity contribution in [2.24, 2.45) is 0 Å². The molecule has 0 aliphatic carbocycles. The monoisotopic (exact) mass is 436 g/mol. The smallest absolute Gasteiger partial charge is 0.416 e. The maximum Gasteiger partial charge on any atom is 0.416 e. The number of amides is 1. The summed E-state index contributed by atoms with van der Waals surface area (Å²) in [6.45, 7) is 4.99. The summed E-state index contributed by atoms with van der Waals surface area (Å²) in [5.74, 6) is -1.42. The Morgan fingerprint density at radius 3 is 2.48 bits per heavy atom. The number of halogens is 3. The number of carbonyl (C=O) groups is 2. The number of morpholine rings is 1. The first-order valence-corrected chi connectivity index (χ1v) is 9.77. The fraction of sp³-hybridized carbons (Fsp3) is 0.364. The number of esters is 1. The molecule has 31 heavy (non-hydrogen) atoms. The number of alkyl halides is 3. The van der Waals surface area contributed by atoms with Crippen LogP contribution in [-0.2, 0) is 20.4 Å². The topological polar surface area (TPSA) is 67.9 Å². The van der Waals surface area contributed by atoms with Gasteiger partial charge in [0.2, 0.25) is 0 Å². The van der Waals surface area contributed by atoms with E-state index in [1.165, 1.54) is 13.0 Å². The van der Waals surface area contributed by atoms with Gasteiger partial charge in [0.05, 0.1) is 35.7 Å². The van der Waals surface area contributed by atoms with Crippen molar-refractivity contribution in [3.05, 3.63) is 59.2 Å². The first-order chi connectivity index (χ1) is 14.6. The summed E-state index contributed by atoms with van der Waals surface area (Å²) < 4.78 is 50.1. The van der Waals surface area contributed by atoms with Gasteiger partial charge in [-0.05, 0) is 44.2 Å². The molecule has 0 saturated carbocycles. The van der Waals surface area contributed by atoms with E-state index in [0.29, 0.717) is 32.0 Å². The van der Waals surface area contributed by atoms with Crippen molar-refractivity contribution in [2.45, 2.75) is 26.1 Å². The average Bonchev–Trinajstić information content (AvgIpc) is 2.73. The van der Waals surface area contributed by atoms with Gasteiger partial charge in [0.15, 0.2) is 6.10 Å². The number of hydrogen-bond acceptors (Lipinski definition) is 5. The minimum atomic E-state index is -4.56. The van der Waals surface area contributed by atoms with E-state index in [9.17, 15) is 22.8 Å². The summed E-state index contributed by atoms with van der Waals surface area (Å²) in [6, 6.07) is 9.87. The summed E-state index contributed by atoms with van der Waals surface area (Å²) in [5, 5.41) is 2.49. The third-order valence-corrected chi connectivity index (χ3v) is 4.84. The number of benzene rings is 2. The Morgan fingerprint density at radius 2 is 1.84 bits per heavy atom. The molecule has 0 bridgehead atoms. The molecule has 0 radical (unpaired) electrons. The number of nitrogens with zero attached hydrogens (tertiary/aromatic N) is 1. The van der Waals surface area contributed by atoms with Crippen molar-refractivity contribution in [3.8, 4) is 0 Å². The zero-order chi connectivity index (χ0) is 22.6. The van der Waals surface area contributed by atoms with Crippen molar-refractivity contribution in [2.75, 3.05) is 36.5 Å². The van der Waals surface area contributed by atoms with Crippen LogP contribution in [0.3, 0.4) is 0 Å². The normalized spacial score (nSPS) is 15.3. The van der Waals surface area contributed by atoms with Gasteiger partial charge in [-0.2, -0.15) is 13.2 Å². The largest absolute Gasteiger partial charge is 0.449 e. The lowest BCUT2D eigenvalue weighted by Crippen LogP contribution is -2.37. The molecule has 2 aromatic rings. The molecular formula is C22H23F3N2O4. The van der Waals surface area contributed by atoms with E-state index < -0.39 is 29.7 Å². The van der Waals surface area contributed by atoms with Crippen LogP contribution in [0.2, 0.25) is 0 Å². The Balaban J connectivity index is 1.78. The highest BCUT2D eigenvalue weighted by Gasteiger charge is 2.32. The molecule has 6 nitrogen and oxygen atoms in total. The summed E-state index contributed by atoms with van der Waals surface area (Å²) in [7, 11) is 0. The lowest BCUT2D eigenvalue weighted by Gasteiger charge is -2.31. The summed E-state index contributed by atoms with van der Waals surface area (Å²) in [5.41, 5.74) is 0.699. The Hall–Kier alpha value is -3.07. The molecule has 166 valence electrons. The third kappa shape index (κ3) is 5.75. The van der Waals surface area contributed by atoms with Gasteiger partial charge in [-0.3, -0.25) is 4.79 Å². The Labute approximate surface area is 177 Å². The van der Waals surface area contributed by atoms with E-state index in [-0.39, 0.29) is 11.3 Å². The predicted molar refractivity (Wildman–Crippen MR) is 109 cm³/mol. The number of hydrogen-bond donors (Lipinski definition) is 1. The zero-order valence-electron chi connectivity index (χ0n) is 17.2. The molecule has 1 N–H and O–H groups in total. The van der Waals surface area contributed by atoms with Crippen molar-refractivity contribution in [1.29, 1.82) is 0 Å². The minimum Gasteiger partial charge on any atom is -0.449 e. The highest BCUT2D eigenvalue weighted by Crippen LogP contribution is 2.36. The van der Waals surface area contributed by atoms with Crippen LogP contribution in [0.25, 0.3) is 0 Å². The lowest BCUT2D eigenvalue weighted by molar-refractivity contribution is -0.137. The first kappa shape index (κ1) is 22.6. The number of carbonyl (C=O) groups excluding carboxylic acids is 2. The molecule has 0 spiro atoms. The second kappa shape index (κ2) is 9.38. The van der Waals surface area contributed by atoms with E-state index in [2.05, 4.69) is 5.32 Å². The van der Waals surface area contributed by atoms with Crippen molar-refractivity contribution < 1.29 is 32.2 Å². The summed E-state index contributed by atoms with van der Waals surface area (Å²) >= 11 is 0. The highest BCUT2D eigenvalue weighted by atomic mass is 19.4. The van der Waals surface area contributed by atoms with E-state index in [1.807, 2.05) is 17.9 Å². The molecule has 1 aliphatic heterocycles. The molecule has 1 fully saturated rings. The Morgan fingerprint density at radius 1 is 1.13 bits per heavy atom. The van der Waals surface area contributed by atoms with Crippen LogP contribution in [0.1, 0.15) is 28.4 Å². The first-order valence-electron chi connectivity index (χ1n) is 9.77. The standard InChI is InChI=1S/C22H23F3N2O4/c1-14-4-3-5-16(12-14)21(29)31-15(2)20(28)26-18-13-17(22(23,24)25)6-7-19(18)27-8-10-30-11-9-27/h3-7,12-13,15H,8-11H2,1-2H3,(H,26,28). The molecule has 1 saturated heterocycles. The predicted octanol–water partition coefficient (Wildman–Crippen LogP) is 4.03. The van der Waals surface area contributed by atoms with Crippen molar-refractivity contribution >= 4 is 23.3 Å². The number of anilines is 2. The van der Waals surface area contributed by atoms with E-state index in [0.717, 1.165) is 17.7 Å². The second-order valence-corrected chi connectivity index (χ2v) is 7.24. The summed E-state index contributed by atoms with van der Waals surface area (Å²) in [6.07, 6.45) is -5.77. The SMILES string of the molecule is Cc1cccc(C(=O)OC(C)C(=O)Nc2cc(C(F)(F)F)ccc2N2CCOCC2)c1. The fourth-order valence-corrected chi connectivity index (χ4v) is 3.18. The molecule has 2 aromatic carbocycles. The maximum atomic E-state index is 13.2. The van der Waals surface area contributed by atoms with Gasteiger partial charge in [-0.15, -0.1) is 0 Å². The molecule has 3 rings (SSSR count). The average molecular weight is 436 g/mol. The molecule has 0 aromatic heterocycles. The molecular weight excluding hydrogens is 413 g/mol. The van der Waals surface area contributed by atoms with Crippen LogP contribution in [0, 0.1) is 6.92 Å². The van der Waals surface area contributed by atoms with Crippen LogP contribution >= 0.6 is 0 Å². The van der Waals surface area contributed by atoms with Gasteiger partial charge in [0.1, 0.15) is 0 Å². The van der Waals surface area contributed by atoms with Gasteiger partial charge < -0.3 is 19.7 Å². The zero-order valence-corrected chi connectivity index (χ0v) is 17.2. The maximum absolute atomic E-state index is 13.2. The van der Waals surface area contributed by atoms with Gasteiger partial charge in [0.25, 0.3) is 5.91 Å². The molecule has 1 amide bonds. The van der Waals surface area contributed by atoms with Crippen molar-refractivity contribution in [1.82, 2.24) is 0 Å². The van der Waals surface area contributed by atoms with Gasteiger partial charge in [0, 0.05) is 13.1 Å². The quantitative estimate of drug-likeness (QED) is 0.717. The van der Waals surface area contributed by atoms with Gasteiger partial charge in [-0.25, -0.2) is 4.79 Å². The van der Waals surface area contributed by atoms with E-state index in [1.54, 1.807) is 18.2 Å². The van der Waals surface area contributed by atoms with Gasteiger partial charge in [-0.1, -0.05) is 17.7 Å². The molecule has 1 unspecified atom stereocenters. The number of nitrogens with one attached hydrogen (secondary N) is 1. The fourth-order valence-electron chi connectivity index (χ4n) is 3.18. The molecule has 1 heterocycles. The number of rotatable bonds is 5. The van der Waals surface area contributed by atoms with E-state index in [4.69, 9.17) is 9.47 Å².